The molecule has 0 saturated heterocycles. The Labute approximate surface area is 131 Å². The Balaban J connectivity index is 2.41. The van der Waals surface area contributed by atoms with Gasteiger partial charge in [-0.15, -0.1) is 0 Å². The number of carbonyl (C=O) groups is 1. The second-order valence-corrected chi connectivity index (χ2v) is 5.82. The van der Waals surface area contributed by atoms with Crippen molar-refractivity contribution in [3.63, 3.8) is 0 Å². The lowest BCUT2D eigenvalue weighted by atomic mass is 10.1. The van der Waals surface area contributed by atoms with Crippen LogP contribution in [0.3, 0.4) is 0 Å². The first-order valence-electron chi connectivity index (χ1n) is 6.45. The Hall–Kier alpha value is -1.96. The molecule has 0 atom stereocenters. The van der Waals surface area contributed by atoms with Gasteiger partial charge in [-0.05, 0) is 40.9 Å². The number of aromatic nitrogens is 1. The van der Waals surface area contributed by atoms with Crippen molar-refractivity contribution in [3.8, 4) is 5.75 Å². The molecule has 3 rings (SSSR count). The van der Waals surface area contributed by atoms with Gasteiger partial charge in [0.1, 0.15) is 5.56 Å². The summed E-state index contributed by atoms with van der Waals surface area (Å²) in [4.78, 5) is 23.5. The van der Waals surface area contributed by atoms with Crippen molar-refractivity contribution in [1.29, 1.82) is 0 Å². The molecule has 1 aliphatic rings. The Morgan fingerprint density at radius 3 is 2.64 bits per heavy atom. The number of aromatic carboxylic acids is 1. The molecule has 0 aliphatic heterocycles. The molecule has 1 aliphatic carbocycles. The molecule has 2 aromatic rings. The van der Waals surface area contributed by atoms with Crippen molar-refractivity contribution in [2.24, 2.45) is 0 Å². The molecule has 0 amide bonds. The van der Waals surface area contributed by atoms with Crippen LogP contribution in [0.4, 0.5) is 8.78 Å². The van der Waals surface area contributed by atoms with Crippen LogP contribution in [-0.2, 0) is 0 Å². The van der Waals surface area contributed by atoms with Crippen LogP contribution < -0.4 is 10.2 Å². The Kier molecular flexibility index (Phi) is 3.64. The molecule has 1 N–H and O–H groups in total. The Bertz CT molecular complexity index is 830. The molecular formula is C14H10BrF2NO4. The fraction of sp³-hybridized carbons (Fsp3) is 0.286. The average Bonchev–Trinajstić information content (AvgIpc) is 3.26. The zero-order chi connectivity index (χ0) is 16.0. The number of nitrogens with zero attached hydrogens (tertiary/aromatic N) is 1. The van der Waals surface area contributed by atoms with Gasteiger partial charge in [-0.1, -0.05) is 0 Å². The predicted octanol–water partition coefficient (Wildman–Crippen LogP) is 3.40. The summed E-state index contributed by atoms with van der Waals surface area (Å²) in [5, 5.41) is 9.19. The summed E-state index contributed by atoms with van der Waals surface area (Å²) in [5.74, 6) is -1.51. The fourth-order valence-corrected chi connectivity index (χ4v) is 2.80. The molecule has 0 spiro atoms. The van der Waals surface area contributed by atoms with Crippen LogP contribution in [0.2, 0.25) is 0 Å². The van der Waals surface area contributed by atoms with E-state index in [4.69, 9.17) is 5.11 Å². The maximum absolute atomic E-state index is 12.7. The van der Waals surface area contributed by atoms with Crippen molar-refractivity contribution in [3.05, 3.63) is 38.6 Å². The Morgan fingerprint density at radius 1 is 1.41 bits per heavy atom. The number of carboxylic acids is 1. The minimum atomic E-state index is -3.05. The second-order valence-electron chi connectivity index (χ2n) is 4.97. The number of rotatable bonds is 4. The third-order valence-electron chi connectivity index (χ3n) is 3.48. The van der Waals surface area contributed by atoms with Crippen molar-refractivity contribution in [2.45, 2.75) is 25.5 Å². The third kappa shape index (κ3) is 2.47. The smallest absolute Gasteiger partial charge is 0.387 e. The van der Waals surface area contributed by atoms with Gasteiger partial charge in [0.15, 0.2) is 5.75 Å². The molecule has 1 aromatic carbocycles. The minimum Gasteiger partial charge on any atom is -0.477 e. The molecule has 8 heteroatoms. The van der Waals surface area contributed by atoms with Crippen molar-refractivity contribution >= 4 is 32.8 Å². The molecule has 0 radical (unpaired) electrons. The first kappa shape index (κ1) is 15.0. The van der Waals surface area contributed by atoms with Gasteiger partial charge >= 0.3 is 12.6 Å². The van der Waals surface area contributed by atoms with Crippen molar-refractivity contribution < 1.29 is 23.4 Å². The van der Waals surface area contributed by atoms with Gasteiger partial charge in [-0.25, -0.2) is 4.79 Å². The standard InChI is InChI=1S/C14H10BrF2NO4/c15-9-4-3-7-10(12(9)22-14(16)17)18(6-1-2-6)5-8(11(7)19)13(20)21/h3-6,14H,1-2H2,(H,20,21). The zero-order valence-corrected chi connectivity index (χ0v) is 12.6. The number of fused-ring (bicyclic) bond motifs is 1. The van der Waals surface area contributed by atoms with E-state index in [2.05, 4.69) is 20.7 Å². The average molecular weight is 374 g/mol. The summed E-state index contributed by atoms with van der Waals surface area (Å²) in [6.07, 6.45) is 2.78. The molecule has 1 aromatic heterocycles. The van der Waals surface area contributed by atoms with Crippen LogP contribution in [0, 0.1) is 0 Å². The van der Waals surface area contributed by atoms with E-state index in [-0.39, 0.29) is 32.7 Å². The predicted molar refractivity (Wildman–Crippen MR) is 77.8 cm³/mol. The molecular weight excluding hydrogens is 364 g/mol. The first-order valence-corrected chi connectivity index (χ1v) is 7.25. The lowest BCUT2D eigenvalue weighted by Gasteiger charge is -2.16. The molecule has 22 heavy (non-hydrogen) atoms. The van der Waals surface area contributed by atoms with E-state index in [0.717, 1.165) is 12.8 Å². The van der Waals surface area contributed by atoms with E-state index in [1.807, 2.05) is 0 Å². The zero-order valence-electron chi connectivity index (χ0n) is 11.1. The van der Waals surface area contributed by atoms with Gasteiger partial charge in [-0.2, -0.15) is 8.78 Å². The van der Waals surface area contributed by atoms with E-state index in [1.54, 1.807) is 4.57 Å². The highest BCUT2D eigenvalue weighted by Gasteiger charge is 2.29. The fourth-order valence-electron chi connectivity index (χ4n) is 2.39. The number of benzene rings is 1. The summed E-state index contributed by atoms with van der Waals surface area (Å²) in [6.45, 7) is -3.05. The van der Waals surface area contributed by atoms with Crippen LogP contribution in [-0.4, -0.2) is 22.3 Å². The third-order valence-corrected chi connectivity index (χ3v) is 4.10. The minimum absolute atomic E-state index is 0.0180. The van der Waals surface area contributed by atoms with Crippen LogP contribution >= 0.6 is 15.9 Å². The van der Waals surface area contributed by atoms with Gasteiger partial charge in [0.2, 0.25) is 5.43 Å². The van der Waals surface area contributed by atoms with Crippen LogP contribution in [0.15, 0.2) is 27.6 Å². The Morgan fingerprint density at radius 2 is 2.09 bits per heavy atom. The highest BCUT2D eigenvalue weighted by Crippen LogP contribution is 2.41. The number of carboxylic acid groups (broad SMARTS) is 1. The van der Waals surface area contributed by atoms with E-state index in [9.17, 15) is 18.4 Å². The molecule has 1 saturated carbocycles. The second kappa shape index (κ2) is 5.35. The molecule has 0 bridgehead atoms. The quantitative estimate of drug-likeness (QED) is 0.891. The lowest BCUT2D eigenvalue weighted by Crippen LogP contribution is -2.19. The highest BCUT2D eigenvalue weighted by atomic mass is 79.9. The molecule has 1 heterocycles. The summed E-state index contributed by atoms with van der Waals surface area (Å²) < 4.78 is 31.7. The van der Waals surface area contributed by atoms with Gasteiger partial charge in [0.05, 0.1) is 15.4 Å². The number of pyridine rings is 1. The normalized spacial score (nSPS) is 14.5. The van der Waals surface area contributed by atoms with Crippen LogP contribution in [0.25, 0.3) is 10.9 Å². The maximum Gasteiger partial charge on any atom is 0.387 e. The largest absolute Gasteiger partial charge is 0.477 e. The number of hydrogen-bond acceptors (Lipinski definition) is 3. The van der Waals surface area contributed by atoms with E-state index in [0.29, 0.717) is 0 Å². The summed E-state index contributed by atoms with van der Waals surface area (Å²) in [5.41, 5.74) is -0.914. The molecule has 0 unspecified atom stereocenters. The number of alkyl halides is 2. The highest BCUT2D eigenvalue weighted by molar-refractivity contribution is 9.10. The van der Waals surface area contributed by atoms with Crippen LogP contribution in [0.5, 0.6) is 5.75 Å². The number of hydrogen-bond donors (Lipinski definition) is 1. The maximum atomic E-state index is 12.7. The van der Waals surface area contributed by atoms with Gasteiger partial charge in [0, 0.05) is 12.2 Å². The summed E-state index contributed by atoms with van der Waals surface area (Å²) in [6, 6.07) is 2.78. The first-order chi connectivity index (χ1) is 10.4. The SMILES string of the molecule is O=C(O)c1cn(C2CC2)c2c(OC(F)F)c(Br)ccc2c1=O. The molecule has 5 nitrogen and oxygen atoms in total. The van der Waals surface area contributed by atoms with Crippen LogP contribution in [0.1, 0.15) is 29.2 Å². The van der Waals surface area contributed by atoms with Gasteiger partial charge in [0.25, 0.3) is 0 Å². The van der Waals surface area contributed by atoms with Gasteiger partial charge in [-0.3, -0.25) is 4.79 Å². The number of halogens is 3. The van der Waals surface area contributed by atoms with E-state index >= 15 is 0 Å². The summed E-state index contributed by atoms with van der Waals surface area (Å²) in [7, 11) is 0. The number of ether oxygens (including phenoxy) is 1. The lowest BCUT2D eigenvalue weighted by molar-refractivity contribution is -0.0495. The van der Waals surface area contributed by atoms with E-state index < -0.39 is 18.0 Å². The van der Waals surface area contributed by atoms with Gasteiger partial charge < -0.3 is 14.4 Å². The molecule has 116 valence electrons. The topological polar surface area (TPSA) is 68.5 Å². The monoisotopic (exact) mass is 373 g/mol. The van der Waals surface area contributed by atoms with Crippen molar-refractivity contribution in [1.82, 2.24) is 4.57 Å². The molecule has 1 fully saturated rings. The van der Waals surface area contributed by atoms with E-state index in [1.165, 1.54) is 18.3 Å². The summed E-state index contributed by atoms with van der Waals surface area (Å²) >= 11 is 3.13. The van der Waals surface area contributed by atoms with Crippen molar-refractivity contribution in [2.75, 3.05) is 0 Å².